The second kappa shape index (κ2) is 12.7. The Labute approximate surface area is 262 Å². The molecule has 6 rings (SSSR count). The van der Waals surface area contributed by atoms with Crippen molar-refractivity contribution in [3.05, 3.63) is 167 Å². The maximum atomic E-state index is 13.3. The first-order valence-electron chi connectivity index (χ1n) is 15.0. The van der Waals surface area contributed by atoms with Gasteiger partial charge >= 0.3 is 0 Å². The maximum Gasteiger partial charge on any atom is 0.226 e. The molecule has 0 saturated carbocycles. The van der Waals surface area contributed by atoms with Gasteiger partial charge in [0.2, 0.25) is 5.91 Å². The largest absolute Gasteiger partial charge is 0.390 e. The average Bonchev–Trinajstić information content (AvgIpc) is 3.47. The lowest BCUT2D eigenvalue weighted by Gasteiger charge is -2.37. The van der Waals surface area contributed by atoms with Crippen molar-refractivity contribution < 1.29 is 14.7 Å². The number of hydrogen-bond donors (Lipinski definition) is 2. The van der Waals surface area contributed by atoms with E-state index < -0.39 is 12.1 Å². The molecule has 45 heavy (non-hydrogen) atoms. The molecular weight excluding hydrogens is 560 g/mol. The van der Waals surface area contributed by atoms with E-state index >= 15 is 0 Å². The number of aliphatic hydroxyl groups is 1. The van der Waals surface area contributed by atoms with Crippen molar-refractivity contribution in [2.24, 2.45) is 0 Å². The molecule has 0 aliphatic heterocycles. The second-order valence-corrected chi connectivity index (χ2v) is 11.1. The van der Waals surface area contributed by atoms with Gasteiger partial charge in [0.05, 0.1) is 41.4 Å². The molecule has 0 aliphatic rings. The van der Waals surface area contributed by atoms with Crippen LogP contribution >= 0.6 is 0 Å². The third kappa shape index (κ3) is 5.54. The summed E-state index contributed by atoms with van der Waals surface area (Å²) in [6.45, 7) is 2.98. The number of Topliss-reactive ketones (excluding diaryl/α,β-unsaturated/α-hetero) is 1. The standard InChI is InChI=1S/C38H34N4O3/c1-26(28-15-7-3-8-16-28)39-35(45)24-32-23-34-36(33(25-43)40-32)37(27(2)44)41-42(34)38(29-17-9-4-10-18-29,30-19-11-5-12-20-30)31-21-13-6-14-22-31/h3-23,26,43H,24-25H2,1-2H3,(H,39,45)/t26-/m1/s1. The fourth-order valence-electron chi connectivity index (χ4n) is 6.16. The number of amides is 1. The van der Waals surface area contributed by atoms with Crippen LogP contribution in [-0.2, 0) is 23.4 Å². The Kier molecular flexibility index (Phi) is 8.36. The number of hydrogen-bond acceptors (Lipinski definition) is 5. The molecule has 0 saturated heterocycles. The van der Waals surface area contributed by atoms with E-state index in [9.17, 15) is 14.7 Å². The molecular formula is C38H34N4O3. The summed E-state index contributed by atoms with van der Waals surface area (Å²) < 4.78 is 1.87. The number of fused-ring (bicyclic) bond motifs is 1. The van der Waals surface area contributed by atoms with Gasteiger partial charge in [0, 0.05) is 6.92 Å². The summed E-state index contributed by atoms with van der Waals surface area (Å²) in [5.74, 6) is -0.457. The molecule has 1 amide bonds. The van der Waals surface area contributed by atoms with Crippen LogP contribution in [0.1, 0.15) is 64.0 Å². The molecule has 1 atom stereocenters. The van der Waals surface area contributed by atoms with Gasteiger partial charge in [0.1, 0.15) is 11.2 Å². The minimum Gasteiger partial charge on any atom is -0.390 e. The number of carbonyl (C=O) groups excluding carboxylic acids is 2. The number of ketones is 1. The Morgan fingerprint density at radius 1 is 0.800 bits per heavy atom. The van der Waals surface area contributed by atoms with Crippen LogP contribution in [0.15, 0.2) is 127 Å². The number of nitrogens with one attached hydrogen (secondary N) is 1. The Morgan fingerprint density at radius 3 is 1.76 bits per heavy atom. The molecule has 7 heteroatoms. The summed E-state index contributed by atoms with van der Waals surface area (Å²) in [4.78, 5) is 31.1. The van der Waals surface area contributed by atoms with Crippen LogP contribution in [0.5, 0.6) is 0 Å². The van der Waals surface area contributed by atoms with Gasteiger partial charge in [-0.05, 0) is 35.2 Å². The summed E-state index contributed by atoms with van der Waals surface area (Å²) >= 11 is 0. The van der Waals surface area contributed by atoms with E-state index in [4.69, 9.17) is 5.10 Å². The number of aliphatic hydroxyl groups excluding tert-OH is 1. The number of nitrogens with zero attached hydrogens (tertiary/aromatic N) is 3. The van der Waals surface area contributed by atoms with E-state index in [0.717, 1.165) is 22.3 Å². The maximum absolute atomic E-state index is 13.3. The molecule has 0 spiro atoms. The van der Waals surface area contributed by atoms with Gasteiger partial charge in [-0.2, -0.15) is 5.10 Å². The number of carbonyl (C=O) groups is 2. The molecule has 0 radical (unpaired) electrons. The first-order valence-corrected chi connectivity index (χ1v) is 15.0. The summed E-state index contributed by atoms with van der Waals surface area (Å²) in [6, 6.07) is 41.5. The molecule has 7 nitrogen and oxygen atoms in total. The van der Waals surface area contributed by atoms with Crippen LogP contribution in [0.3, 0.4) is 0 Å². The Balaban J connectivity index is 1.60. The minimum atomic E-state index is -1.01. The zero-order chi connectivity index (χ0) is 31.4. The molecule has 0 fully saturated rings. The van der Waals surface area contributed by atoms with E-state index in [1.165, 1.54) is 6.92 Å². The van der Waals surface area contributed by atoms with Crippen molar-refractivity contribution in [2.75, 3.05) is 0 Å². The lowest BCUT2D eigenvalue weighted by Crippen LogP contribution is -2.38. The van der Waals surface area contributed by atoms with Crippen LogP contribution in [0, 0.1) is 0 Å². The monoisotopic (exact) mass is 594 g/mol. The van der Waals surface area contributed by atoms with E-state index in [0.29, 0.717) is 22.3 Å². The minimum absolute atomic E-state index is 0.0181. The fourth-order valence-corrected chi connectivity index (χ4v) is 6.16. The van der Waals surface area contributed by atoms with Crippen molar-refractivity contribution >= 4 is 22.6 Å². The smallest absolute Gasteiger partial charge is 0.226 e. The second-order valence-electron chi connectivity index (χ2n) is 11.1. The zero-order valence-electron chi connectivity index (χ0n) is 25.2. The molecule has 224 valence electrons. The predicted molar refractivity (Wildman–Crippen MR) is 175 cm³/mol. The summed E-state index contributed by atoms with van der Waals surface area (Å²) in [5, 5.41) is 19.1. The first-order chi connectivity index (χ1) is 21.9. The van der Waals surface area contributed by atoms with Gasteiger partial charge in [-0.1, -0.05) is 121 Å². The molecule has 0 bridgehead atoms. The molecule has 0 aliphatic carbocycles. The molecule has 6 aromatic rings. The average molecular weight is 595 g/mol. The van der Waals surface area contributed by atoms with Crippen LogP contribution in [0.25, 0.3) is 10.9 Å². The van der Waals surface area contributed by atoms with Crippen LogP contribution in [0.2, 0.25) is 0 Å². The Hall–Kier alpha value is -5.40. The van der Waals surface area contributed by atoms with E-state index in [-0.39, 0.29) is 29.8 Å². The Bertz CT molecular complexity index is 1840. The van der Waals surface area contributed by atoms with Crippen molar-refractivity contribution in [1.29, 1.82) is 0 Å². The summed E-state index contributed by atoms with van der Waals surface area (Å²) in [5.41, 5.74) is 4.34. The third-order valence-electron chi connectivity index (χ3n) is 8.19. The van der Waals surface area contributed by atoms with Crippen molar-refractivity contribution in [2.45, 2.75) is 38.5 Å². The first kappa shape index (κ1) is 29.7. The van der Waals surface area contributed by atoms with Gasteiger partial charge in [-0.3, -0.25) is 14.6 Å². The van der Waals surface area contributed by atoms with E-state index in [1.807, 2.05) is 103 Å². The number of aromatic nitrogens is 3. The highest BCUT2D eigenvalue weighted by molar-refractivity contribution is 6.06. The van der Waals surface area contributed by atoms with Crippen molar-refractivity contribution in [3.8, 4) is 0 Å². The fraction of sp³-hybridized carbons (Fsp3) is 0.158. The van der Waals surface area contributed by atoms with E-state index in [2.05, 4.69) is 46.7 Å². The summed E-state index contributed by atoms with van der Waals surface area (Å²) in [6.07, 6.45) is -0.0181. The van der Waals surface area contributed by atoms with Gasteiger partial charge in [0.25, 0.3) is 0 Å². The SMILES string of the molecule is CC(=O)c1nn(C(c2ccccc2)(c2ccccc2)c2ccccc2)c2cc(CC(=O)N[C@H](C)c3ccccc3)nc(CO)c12. The van der Waals surface area contributed by atoms with E-state index in [1.54, 1.807) is 0 Å². The Morgan fingerprint density at radius 2 is 1.29 bits per heavy atom. The van der Waals surface area contributed by atoms with Crippen molar-refractivity contribution in [1.82, 2.24) is 20.1 Å². The topological polar surface area (TPSA) is 97.1 Å². The quantitative estimate of drug-likeness (QED) is 0.142. The van der Waals surface area contributed by atoms with Gasteiger partial charge in [0.15, 0.2) is 5.78 Å². The molecule has 4 aromatic carbocycles. The normalized spacial score (nSPS) is 12.2. The highest BCUT2D eigenvalue weighted by Gasteiger charge is 2.41. The van der Waals surface area contributed by atoms with Crippen molar-refractivity contribution in [3.63, 3.8) is 0 Å². The zero-order valence-corrected chi connectivity index (χ0v) is 25.2. The number of rotatable bonds is 10. The van der Waals surface area contributed by atoms with Crippen LogP contribution < -0.4 is 5.32 Å². The summed E-state index contributed by atoms with van der Waals surface area (Å²) in [7, 11) is 0. The van der Waals surface area contributed by atoms with Gasteiger partial charge in [-0.25, -0.2) is 4.68 Å². The van der Waals surface area contributed by atoms with Gasteiger partial charge < -0.3 is 10.4 Å². The highest BCUT2D eigenvalue weighted by Crippen LogP contribution is 2.43. The molecule has 0 unspecified atom stereocenters. The van der Waals surface area contributed by atoms with Crippen LogP contribution in [0.4, 0.5) is 0 Å². The van der Waals surface area contributed by atoms with Gasteiger partial charge in [-0.15, -0.1) is 0 Å². The lowest BCUT2D eigenvalue weighted by molar-refractivity contribution is -0.121. The molecule has 2 heterocycles. The number of benzene rings is 4. The third-order valence-corrected chi connectivity index (χ3v) is 8.19. The molecule has 2 N–H and O–H groups in total. The number of pyridine rings is 1. The lowest BCUT2D eigenvalue weighted by atomic mass is 9.77. The predicted octanol–water partition coefficient (Wildman–Crippen LogP) is 6.39. The highest BCUT2D eigenvalue weighted by atomic mass is 16.3. The van der Waals surface area contributed by atoms with Crippen LogP contribution in [-0.4, -0.2) is 31.6 Å². The molecule has 2 aromatic heterocycles.